The summed E-state index contributed by atoms with van der Waals surface area (Å²) < 4.78 is 0. The first-order valence-electron chi connectivity index (χ1n) is 7.32. The standard InChI is InChI=1S/C13H21ClN6O/c1-3-15-10(21)9-19(4-2)12-16-11(14)17-13(18-12)20-7-5-6-8-20/h3-9H2,1-2H3,(H,15,21). The third-order valence-electron chi connectivity index (χ3n) is 3.35. The molecule has 8 heteroatoms. The van der Waals surface area contributed by atoms with Crippen LogP contribution in [0.4, 0.5) is 11.9 Å². The van der Waals surface area contributed by atoms with Gasteiger partial charge in [0.15, 0.2) is 0 Å². The first-order chi connectivity index (χ1) is 10.1. The largest absolute Gasteiger partial charge is 0.355 e. The highest BCUT2D eigenvalue weighted by Crippen LogP contribution is 2.20. The van der Waals surface area contributed by atoms with Gasteiger partial charge in [0.2, 0.25) is 23.1 Å². The molecule has 0 spiro atoms. The molecule has 1 aliphatic heterocycles. The fraction of sp³-hybridized carbons (Fsp3) is 0.692. The number of hydrogen-bond donors (Lipinski definition) is 1. The van der Waals surface area contributed by atoms with E-state index >= 15 is 0 Å². The minimum absolute atomic E-state index is 0.0568. The molecule has 1 fully saturated rings. The Hall–Kier alpha value is -1.63. The summed E-state index contributed by atoms with van der Waals surface area (Å²) >= 11 is 6.01. The fourth-order valence-electron chi connectivity index (χ4n) is 2.28. The number of halogens is 1. The second-order valence-corrected chi connectivity index (χ2v) is 5.20. The van der Waals surface area contributed by atoms with E-state index in [2.05, 4.69) is 25.2 Å². The highest BCUT2D eigenvalue weighted by atomic mass is 35.5. The van der Waals surface area contributed by atoms with Crippen LogP contribution in [-0.4, -0.2) is 53.6 Å². The Morgan fingerprint density at radius 3 is 2.62 bits per heavy atom. The van der Waals surface area contributed by atoms with Crippen molar-refractivity contribution < 1.29 is 4.79 Å². The molecule has 0 bridgehead atoms. The Kier molecular flexibility index (Phi) is 5.55. The Balaban J connectivity index is 2.18. The number of nitrogens with zero attached hydrogens (tertiary/aromatic N) is 5. The first-order valence-corrected chi connectivity index (χ1v) is 7.70. The van der Waals surface area contributed by atoms with Crippen LogP contribution < -0.4 is 15.1 Å². The van der Waals surface area contributed by atoms with Gasteiger partial charge in [-0.15, -0.1) is 0 Å². The van der Waals surface area contributed by atoms with Crippen molar-refractivity contribution in [1.82, 2.24) is 20.3 Å². The van der Waals surface area contributed by atoms with E-state index in [4.69, 9.17) is 11.6 Å². The smallest absolute Gasteiger partial charge is 0.239 e. The highest BCUT2D eigenvalue weighted by Gasteiger charge is 2.19. The normalized spacial score (nSPS) is 14.3. The highest BCUT2D eigenvalue weighted by molar-refractivity contribution is 6.28. The number of aromatic nitrogens is 3. The maximum Gasteiger partial charge on any atom is 0.239 e. The molecule has 0 radical (unpaired) electrons. The second-order valence-electron chi connectivity index (χ2n) is 4.87. The van der Waals surface area contributed by atoms with Crippen LogP contribution in [0.1, 0.15) is 26.7 Å². The monoisotopic (exact) mass is 312 g/mol. The lowest BCUT2D eigenvalue weighted by atomic mass is 10.4. The van der Waals surface area contributed by atoms with Crippen LogP contribution >= 0.6 is 11.6 Å². The number of hydrogen-bond acceptors (Lipinski definition) is 6. The number of carbonyl (C=O) groups excluding carboxylic acids is 1. The van der Waals surface area contributed by atoms with Crippen molar-refractivity contribution in [2.24, 2.45) is 0 Å². The van der Waals surface area contributed by atoms with Gasteiger partial charge >= 0.3 is 0 Å². The van der Waals surface area contributed by atoms with Crippen LogP contribution in [0.2, 0.25) is 5.28 Å². The predicted molar refractivity (Wildman–Crippen MR) is 82.9 cm³/mol. The average molecular weight is 313 g/mol. The molecule has 1 aliphatic rings. The Morgan fingerprint density at radius 2 is 2.00 bits per heavy atom. The number of likely N-dealkylation sites (N-methyl/N-ethyl adjacent to an activating group) is 2. The molecular weight excluding hydrogens is 292 g/mol. The molecular formula is C13H21ClN6O. The zero-order valence-corrected chi connectivity index (χ0v) is 13.2. The quantitative estimate of drug-likeness (QED) is 0.847. The molecule has 21 heavy (non-hydrogen) atoms. The summed E-state index contributed by atoms with van der Waals surface area (Å²) in [5.41, 5.74) is 0. The zero-order valence-electron chi connectivity index (χ0n) is 12.5. The molecule has 1 aromatic rings. The first kappa shape index (κ1) is 15.8. The van der Waals surface area contributed by atoms with Crippen molar-refractivity contribution in [2.75, 3.05) is 42.5 Å². The molecule has 0 aliphatic carbocycles. The van der Waals surface area contributed by atoms with Crippen LogP contribution in [-0.2, 0) is 4.79 Å². The summed E-state index contributed by atoms with van der Waals surface area (Å²) in [5.74, 6) is 0.987. The molecule has 7 nitrogen and oxygen atoms in total. The predicted octanol–water partition coefficient (Wildman–Crippen LogP) is 1.09. The van der Waals surface area contributed by atoms with Crippen molar-refractivity contribution in [3.8, 4) is 0 Å². The van der Waals surface area contributed by atoms with Crippen LogP contribution in [0.15, 0.2) is 0 Å². The van der Waals surface area contributed by atoms with E-state index in [0.717, 1.165) is 25.9 Å². The van der Waals surface area contributed by atoms with E-state index in [1.807, 2.05) is 13.8 Å². The van der Waals surface area contributed by atoms with E-state index in [9.17, 15) is 4.79 Å². The van der Waals surface area contributed by atoms with Gasteiger partial charge in [-0.05, 0) is 38.3 Å². The Bertz CT molecular complexity index is 492. The van der Waals surface area contributed by atoms with E-state index in [0.29, 0.717) is 25.0 Å². The summed E-state index contributed by atoms with van der Waals surface area (Å²) in [6, 6.07) is 0. The molecule has 0 saturated carbocycles. The molecule has 0 atom stereocenters. The Morgan fingerprint density at radius 1 is 1.29 bits per heavy atom. The lowest BCUT2D eigenvalue weighted by molar-refractivity contribution is -0.119. The topological polar surface area (TPSA) is 74.2 Å². The van der Waals surface area contributed by atoms with Gasteiger partial charge in [0, 0.05) is 26.2 Å². The van der Waals surface area contributed by atoms with Crippen molar-refractivity contribution in [3.05, 3.63) is 5.28 Å². The van der Waals surface area contributed by atoms with Gasteiger partial charge in [0.05, 0.1) is 6.54 Å². The SMILES string of the molecule is CCNC(=O)CN(CC)c1nc(Cl)nc(N2CCCC2)n1. The third kappa shape index (κ3) is 4.17. The molecule has 2 heterocycles. The average Bonchev–Trinajstić information content (AvgIpc) is 2.98. The second kappa shape index (κ2) is 7.40. The summed E-state index contributed by atoms with van der Waals surface area (Å²) in [6.07, 6.45) is 2.27. The van der Waals surface area contributed by atoms with Crippen LogP contribution in [0.3, 0.4) is 0 Å². The van der Waals surface area contributed by atoms with Crippen LogP contribution in [0.25, 0.3) is 0 Å². The van der Waals surface area contributed by atoms with Gasteiger partial charge in [-0.25, -0.2) is 0 Å². The summed E-state index contributed by atoms with van der Waals surface area (Å²) in [4.78, 5) is 28.4. The van der Waals surface area contributed by atoms with Gasteiger partial charge in [-0.2, -0.15) is 15.0 Å². The van der Waals surface area contributed by atoms with Crippen LogP contribution in [0, 0.1) is 0 Å². The molecule has 1 amide bonds. The molecule has 0 aromatic carbocycles. The lowest BCUT2D eigenvalue weighted by Crippen LogP contribution is -2.38. The van der Waals surface area contributed by atoms with Gasteiger partial charge in [0.25, 0.3) is 0 Å². The number of carbonyl (C=O) groups is 1. The summed E-state index contributed by atoms with van der Waals surface area (Å²) in [5, 5.41) is 2.93. The minimum atomic E-state index is -0.0568. The van der Waals surface area contributed by atoms with Gasteiger partial charge in [-0.3, -0.25) is 4.79 Å². The summed E-state index contributed by atoms with van der Waals surface area (Å²) in [6.45, 7) is 7.14. The van der Waals surface area contributed by atoms with Gasteiger partial charge in [0.1, 0.15) is 0 Å². The van der Waals surface area contributed by atoms with Crippen molar-refractivity contribution in [3.63, 3.8) is 0 Å². The van der Waals surface area contributed by atoms with E-state index < -0.39 is 0 Å². The third-order valence-corrected chi connectivity index (χ3v) is 3.52. The molecule has 1 saturated heterocycles. The molecule has 0 unspecified atom stereocenters. The maximum atomic E-state index is 11.7. The van der Waals surface area contributed by atoms with Crippen LogP contribution in [0.5, 0.6) is 0 Å². The van der Waals surface area contributed by atoms with Crippen molar-refractivity contribution in [2.45, 2.75) is 26.7 Å². The zero-order chi connectivity index (χ0) is 15.2. The van der Waals surface area contributed by atoms with E-state index in [-0.39, 0.29) is 17.7 Å². The van der Waals surface area contributed by atoms with Crippen molar-refractivity contribution in [1.29, 1.82) is 0 Å². The number of anilines is 2. The van der Waals surface area contributed by atoms with E-state index in [1.165, 1.54) is 0 Å². The molecule has 2 rings (SSSR count). The number of rotatable bonds is 6. The lowest BCUT2D eigenvalue weighted by Gasteiger charge is -2.22. The van der Waals surface area contributed by atoms with Crippen molar-refractivity contribution >= 4 is 29.4 Å². The van der Waals surface area contributed by atoms with Gasteiger partial charge < -0.3 is 15.1 Å². The van der Waals surface area contributed by atoms with E-state index in [1.54, 1.807) is 4.90 Å². The molecule has 116 valence electrons. The minimum Gasteiger partial charge on any atom is -0.355 e. The summed E-state index contributed by atoms with van der Waals surface area (Å²) in [7, 11) is 0. The molecule has 1 N–H and O–H groups in total. The van der Waals surface area contributed by atoms with Gasteiger partial charge in [-0.1, -0.05) is 0 Å². The maximum absolute atomic E-state index is 11.7. The number of nitrogens with one attached hydrogen (secondary N) is 1. The molecule has 1 aromatic heterocycles. The fourth-order valence-corrected chi connectivity index (χ4v) is 2.43. The number of amides is 1. The Labute approximate surface area is 129 Å².